The fraction of sp³-hybridized carbons (Fsp3) is 0.375. The number of nitrogens with zero attached hydrogens (tertiary/aromatic N) is 4. The summed E-state index contributed by atoms with van der Waals surface area (Å²) in [5.41, 5.74) is 8.70. The first kappa shape index (κ1) is 20.9. The van der Waals surface area contributed by atoms with Crippen molar-refractivity contribution in [3.05, 3.63) is 48.0 Å². The number of imidazole rings is 1. The summed E-state index contributed by atoms with van der Waals surface area (Å²) in [6.07, 6.45) is 4.45. The van der Waals surface area contributed by atoms with E-state index in [1.807, 2.05) is 28.8 Å². The maximum Gasteiger partial charge on any atom is 0.312 e. The van der Waals surface area contributed by atoms with Crippen LogP contribution >= 0.6 is 0 Å². The van der Waals surface area contributed by atoms with Gasteiger partial charge in [0.1, 0.15) is 11.6 Å². The molecule has 1 aromatic carbocycles. The fourth-order valence-corrected chi connectivity index (χ4v) is 4.85. The van der Waals surface area contributed by atoms with Gasteiger partial charge in [-0.15, -0.1) is 0 Å². The van der Waals surface area contributed by atoms with E-state index in [1.165, 1.54) is 0 Å². The average molecular weight is 465 g/mol. The number of nitrogens with two attached hydrogens (primary N) is 1. The van der Waals surface area contributed by atoms with Crippen LogP contribution in [-0.4, -0.2) is 39.4 Å². The molecular weight excluding hydrogens is 439 g/mol. The first-order chi connectivity index (χ1) is 16.7. The summed E-state index contributed by atoms with van der Waals surface area (Å²) in [7, 11) is 0. The Morgan fingerprint density at radius 2 is 1.94 bits per heavy atom. The molecule has 2 aliphatic rings. The maximum atomic E-state index is 14.1. The van der Waals surface area contributed by atoms with E-state index in [0.717, 1.165) is 55.1 Å². The van der Waals surface area contributed by atoms with Crippen molar-refractivity contribution in [3.8, 4) is 22.8 Å². The number of halogens is 1. The van der Waals surface area contributed by atoms with Crippen LogP contribution in [0.1, 0.15) is 30.7 Å². The third-order valence-electron chi connectivity index (χ3n) is 6.63. The second-order valence-electron chi connectivity index (χ2n) is 8.73. The lowest BCUT2D eigenvalue weighted by Gasteiger charge is -2.23. The molecule has 3 aromatic heterocycles. The smallest absolute Gasteiger partial charge is 0.312 e. The third-order valence-corrected chi connectivity index (χ3v) is 6.63. The van der Waals surface area contributed by atoms with Gasteiger partial charge in [0, 0.05) is 18.5 Å². The number of hydrogen-bond donors (Lipinski definition) is 2. The quantitative estimate of drug-likeness (QED) is 0.417. The second-order valence-corrected chi connectivity index (χ2v) is 8.73. The molecule has 10 heteroatoms. The first-order valence-corrected chi connectivity index (χ1v) is 11.5. The van der Waals surface area contributed by atoms with E-state index in [2.05, 4.69) is 15.3 Å². The minimum atomic E-state index is -0.848. The number of nitrogens with one attached hydrogen (secondary N) is 1. The molecule has 0 spiro atoms. The van der Waals surface area contributed by atoms with Crippen molar-refractivity contribution in [3.63, 3.8) is 0 Å². The van der Waals surface area contributed by atoms with Crippen LogP contribution < -0.4 is 20.5 Å². The van der Waals surface area contributed by atoms with E-state index in [4.69, 9.17) is 24.6 Å². The molecule has 0 amide bonds. The van der Waals surface area contributed by atoms with Gasteiger partial charge in [-0.1, -0.05) is 0 Å². The zero-order valence-electron chi connectivity index (χ0n) is 18.6. The minimum Gasteiger partial charge on any atom is -0.464 e. The van der Waals surface area contributed by atoms with Crippen LogP contribution in [0.25, 0.3) is 22.5 Å². The van der Waals surface area contributed by atoms with Crippen molar-refractivity contribution in [1.29, 1.82) is 0 Å². The summed E-state index contributed by atoms with van der Waals surface area (Å²) in [6.45, 7) is 2.90. The SMILES string of the molecule is Nc1nc(F)nc2c1nc(Cc1cc3c(cc1-c1ccco1)OCO3)n2CCC1CCNCC1. The van der Waals surface area contributed by atoms with Crippen LogP contribution in [0.5, 0.6) is 11.5 Å². The van der Waals surface area contributed by atoms with E-state index in [-0.39, 0.29) is 12.6 Å². The molecule has 34 heavy (non-hydrogen) atoms. The van der Waals surface area contributed by atoms with Gasteiger partial charge in [0.25, 0.3) is 0 Å². The molecule has 6 rings (SSSR count). The van der Waals surface area contributed by atoms with E-state index in [9.17, 15) is 4.39 Å². The van der Waals surface area contributed by atoms with Crippen LogP contribution in [-0.2, 0) is 13.0 Å². The summed E-state index contributed by atoms with van der Waals surface area (Å²) >= 11 is 0. The van der Waals surface area contributed by atoms with E-state index < -0.39 is 6.08 Å². The molecular formula is C24H25FN6O3. The predicted octanol–water partition coefficient (Wildman–Crippen LogP) is 3.52. The van der Waals surface area contributed by atoms with Gasteiger partial charge >= 0.3 is 6.08 Å². The Balaban J connectivity index is 1.42. The molecule has 5 heterocycles. The number of hydrogen-bond acceptors (Lipinski definition) is 8. The second kappa shape index (κ2) is 8.60. The molecule has 4 aromatic rings. The van der Waals surface area contributed by atoms with Crippen LogP contribution in [0.4, 0.5) is 10.2 Å². The number of aryl methyl sites for hydroxylation is 1. The average Bonchev–Trinajstić information content (AvgIpc) is 3.58. The highest BCUT2D eigenvalue weighted by molar-refractivity contribution is 5.82. The van der Waals surface area contributed by atoms with Crippen LogP contribution in [0.15, 0.2) is 34.9 Å². The highest BCUT2D eigenvalue weighted by atomic mass is 19.1. The van der Waals surface area contributed by atoms with E-state index in [0.29, 0.717) is 41.5 Å². The number of aromatic nitrogens is 4. The topological polar surface area (TPSA) is 113 Å². The minimum absolute atomic E-state index is 0.0429. The normalized spacial score (nSPS) is 15.9. The van der Waals surface area contributed by atoms with Gasteiger partial charge in [0.15, 0.2) is 28.5 Å². The van der Waals surface area contributed by atoms with Crippen molar-refractivity contribution in [1.82, 2.24) is 24.8 Å². The standard InChI is InChI=1S/C24H25FN6O3/c25-24-29-22(26)21-23(30-24)31(8-5-14-3-6-27-7-4-14)20(28-21)11-15-10-18-19(34-13-33-18)12-16(15)17-2-1-9-32-17/h1-2,9-10,12,14,27H,3-8,11,13H2,(H2,26,29,30). The molecule has 0 aliphatic carbocycles. The molecule has 0 unspecified atom stereocenters. The molecule has 0 atom stereocenters. The van der Waals surface area contributed by atoms with Gasteiger partial charge in [-0.05, 0) is 68.1 Å². The van der Waals surface area contributed by atoms with Gasteiger partial charge in [-0.3, -0.25) is 0 Å². The molecule has 1 fully saturated rings. The van der Waals surface area contributed by atoms with Gasteiger partial charge in [-0.2, -0.15) is 14.4 Å². The molecule has 2 aliphatic heterocycles. The Morgan fingerprint density at radius 1 is 1.12 bits per heavy atom. The predicted molar refractivity (Wildman–Crippen MR) is 123 cm³/mol. The number of rotatable bonds is 6. The maximum absolute atomic E-state index is 14.1. The van der Waals surface area contributed by atoms with Crippen LogP contribution in [0, 0.1) is 12.0 Å². The van der Waals surface area contributed by atoms with Crippen molar-refractivity contribution >= 4 is 17.0 Å². The molecule has 9 nitrogen and oxygen atoms in total. The summed E-state index contributed by atoms with van der Waals surface area (Å²) in [5.74, 6) is 3.44. The van der Waals surface area contributed by atoms with E-state index in [1.54, 1.807) is 6.26 Å². The summed E-state index contributed by atoms with van der Waals surface area (Å²) in [4.78, 5) is 12.5. The van der Waals surface area contributed by atoms with Crippen molar-refractivity contribution in [2.24, 2.45) is 5.92 Å². The van der Waals surface area contributed by atoms with Crippen molar-refractivity contribution < 1.29 is 18.3 Å². The number of piperidine rings is 1. The summed E-state index contributed by atoms with van der Waals surface area (Å²) < 4.78 is 33.0. The lowest BCUT2D eigenvalue weighted by molar-refractivity contribution is 0.174. The lowest BCUT2D eigenvalue weighted by atomic mass is 9.94. The largest absolute Gasteiger partial charge is 0.464 e. The Morgan fingerprint density at radius 3 is 2.74 bits per heavy atom. The first-order valence-electron chi connectivity index (χ1n) is 11.5. The van der Waals surface area contributed by atoms with Crippen molar-refractivity contribution in [2.75, 3.05) is 25.6 Å². The third kappa shape index (κ3) is 3.83. The van der Waals surface area contributed by atoms with Gasteiger partial charge < -0.3 is 29.5 Å². The number of furan rings is 1. The molecule has 1 saturated heterocycles. The van der Waals surface area contributed by atoms with Gasteiger partial charge in [-0.25, -0.2) is 4.98 Å². The Hall–Kier alpha value is -3.66. The molecule has 3 N–H and O–H groups in total. The van der Waals surface area contributed by atoms with Crippen LogP contribution in [0.3, 0.4) is 0 Å². The highest BCUT2D eigenvalue weighted by Crippen LogP contribution is 2.40. The molecule has 0 radical (unpaired) electrons. The Kier molecular flexibility index (Phi) is 5.29. The molecule has 176 valence electrons. The van der Waals surface area contributed by atoms with Crippen molar-refractivity contribution in [2.45, 2.75) is 32.2 Å². The van der Waals surface area contributed by atoms with Crippen LogP contribution in [0.2, 0.25) is 0 Å². The van der Waals surface area contributed by atoms with E-state index >= 15 is 0 Å². The molecule has 0 saturated carbocycles. The summed E-state index contributed by atoms with van der Waals surface area (Å²) in [6, 6.07) is 7.62. The fourth-order valence-electron chi connectivity index (χ4n) is 4.85. The monoisotopic (exact) mass is 464 g/mol. The lowest BCUT2D eigenvalue weighted by Crippen LogP contribution is -2.28. The number of anilines is 1. The number of fused-ring (bicyclic) bond motifs is 2. The zero-order valence-corrected chi connectivity index (χ0v) is 18.6. The number of ether oxygens (including phenoxy) is 2. The highest BCUT2D eigenvalue weighted by Gasteiger charge is 2.23. The Bertz CT molecular complexity index is 1330. The van der Waals surface area contributed by atoms with Gasteiger partial charge in [0.2, 0.25) is 6.79 Å². The zero-order chi connectivity index (χ0) is 23.1. The van der Waals surface area contributed by atoms with Gasteiger partial charge in [0.05, 0.1) is 6.26 Å². The number of nitrogen functional groups attached to an aromatic ring is 1. The Labute approximate surface area is 195 Å². The summed E-state index contributed by atoms with van der Waals surface area (Å²) in [5, 5.41) is 3.40. The molecule has 0 bridgehead atoms. The number of benzene rings is 1.